The third-order valence-corrected chi connectivity index (χ3v) is 3.84. The fourth-order valence-electron chi connectivity index (χ4n) is 2.60. The summed E-state index contributed by atoms with van der Waals surface area (Å²) in [6.45, 7) is 2.59. The van der Waals surface area contributed by atoms with Crippen LogP contribution >= 0.6 is 0 Å². The third-order valence-electron chi connectivity index (χ3n) is 3.84. The number of hydrogen-bond acceptors (Lipinski definition) is 4. The van der Waals surface area contributed by atoms with Gasteiger partial charge in [0.25, 0.3) is 5.91 Å². The molecule has 1 atom stereocenters. The molecule has 2 rings (SSSR count). The quantitative estimate of drug-likeness (QED) is 0.813. The van der Waals surface area contributed by atoms with Crippen LogP contribution < -0.4 is 5.32 Å². The highest BCUT2D eigenvalue weighted by molar-refractivity contribution is 5.94. The van der Waals surface area contributed by atoms with Crippen LogP contribution in [0.15, 0.2) is 30.3 Å². The summed E-state index contributed by atoms with van der Waals surface area (Å²) in [6, 6.07) is 7.13. The van der Waals surface area contributed by atoms with E-state index in [1.165, 1.54) is 0 Å². The van der Waals surface area contributed by atoms with Crippen LogP contribution in [0.5, 0.6) is 0 Å². The van der Waals surface area contributed by atoms with Crippen molar-refractivity contribution in [2.75, 3.05) is 47.4 Å². The Balaban J connectivity index is 1.93. The van der Waals surface area contributed by atoms with Crippen LogP contribution in [0.25, 0.3) is 6.08 Å². The smallest absolute Gasteiger partial charge is 0.251 e. The van der Waals surface area contributed by atoms with Gasteiger partial charge < -0.3 is 19.9 Å². The number of rotatable bonds is 5. The summed E-state index contributed by atoms with van der Waals surface area (Å²) in [5.41, 5.74) is 1.48. The summed E-state index contributed by atoms with van der Waals surface area (Å²) >= 11 is 0. The van der Waals surface area contributed by atoms with Crippen molar-refractivity contribution in [3.8, 4) is 0 Å². The molecule has 1 aliphatic heterocycles. The van der Waals surface area contributed by atoms with Gasteiger partial charge in [-0.1, -0.05) is 12.1 Å². The Morgan fingerprint density at radius 3 is 2.67 bits per heavy atom. The molecule has 1 heterocycles. The van der Waals surface area contributed by atoms with Gasteiger partial charge in [-0.05, 0) is 37.9 Å². The highest BCUT2D eigenvalue weighted by Crippen LogP contribution is 2.09. The van der Waals surface area contributed by atoms with Crippen LogP contribution in [0.3, 0.4) is 0 Å². The molecule has 2 amide bonds. The van der Waals surface area contributed by atoms with E-state index in [0.29, 0.717) is 25.3 Å². The number of hydrogen-bond donors (Lipinski definition) is 1. The monoisotopic (exact) mass is 331 g/mol. The first-order valence-electron chi connectivity index (χ1n) is 8.05. The zero-order chi connectivity index (χ0) is 17.5. The second-order valence-corrected chi connectivity index (χ2v) is 6.07. The number of benzene rings is 1. The van der Waals surface area contributed by atoms with Crippen LogP contribution in [-0.2, 0) is 9.53 Å². The minimum atomic E-state index is -0.123. The maximum Gasteiger partial charge on any atom is 0.251 e. The van der Waals surface area contributed by atoms with E-state index in [1.807, 2.05) is 31.1 Å². The molecule has 1 aromatic carbocycles. The van der Waals surface area contributed by atoms with Crippen molar-refractivity contribution in [1.82, 2.24) is 15.1 Å². The zero-order valence-corrected chi connectivity index (χ0v) is 14.5. The lowest BCUT2D eigenvalue weighted by molar-refractivity contribution is -0.133. The number of carbonyl (C=O) groups is 2. The Hall–Kier alpha value is -2.18. The molecule has 6 heteroatoms. The van der Waals surface area contributed by atoms with Crippen molar-refractivity contribution < 1.29 is 14.3 Å². The van der Waals surface area contributed by atoms with E-state index in [0.717, 1.165) is 12.1 Å². The Morgan fingerprint density at radius 1 is 1.33 bits per heavy atom. The second-order valence-electron chi connectivity index (χ2n) is 6.07. The van der Waals surface area contributed by atoms with E-state index < -0.39 is 0 Å². The molecule has 0 saturated carbocycles. The van der Waals surface area contributed by atoms with Crippen LogP contribution in [0.1, 0.15) is 15.9 Å². The van der Waals surface area contributed by atoms with Crippen molar-refractivity contribution in [2.24, 2.45) is 0 Å². The van der Waals surface area contributed by atoms with Crippen LogP contribution in [-0.4, -0.2) is 75.1 Å². The molecular weight excluding hydrogens is 306 g/mol. The molecule has 0 bridgehead atoms. The molecule has 1 aliphatic rings. The molecule has 0 radical (unpaired) electrons. The van der Waals surface area contributed by atoms with Gasteiger partial charge in [0.05, 0.1) is 12.7 Å². The first kappa shape index (κ1) is 18.2. The minimum Gasteiger partial charge on any atom is -0.373 e. The van der Waals surface area contributed by atoms with Crippen molar-refractivity contribution in [3.05, 3.63) is 41.5 Å². The van der Waals surface area contributed by atoms with Crippen molar-refractivity contribution in [2.45, 2.75) is 6.10 Å². The number of likely N-dealkylation sites (N-methyl/N-ethyl adjacent to an activating group) is 1. The van der Waals surface area contributed by atoms with Gasteiger partial charge >= 0.3 is 0 Å². The van der Waals surface area contributed by atoms with Crippen LogP contribution in [0.4, 0.5) is 0 Å². The normalized spacial score (nSPS) is 18.2. The van der Waals surface area contributed by atoms with E-state index in [4.69, 9.17) is 4.74 Å². The topological polar surface area (TPSA) is 61.9 Å². The average Bonchev–Trinajstić information content (AvgIpc) is 2.59. The van der Waals surface area contributed by atoms with Gasteiger partial charge in [-0.2, -0.15) is 0 Å². The maximum absolute atomic E-state index is 12.3. The van der Waals surface area contributed by atoms with Crippen molar-refractivity contribution in [1.29, 1.82) is 0 Å². The third kappa shape index (κ3) is 5.18. The molecule has 1 aromatic rings. The molecule has 1 N–H and O–H groups in total. The van der Waals surface area contributed by atoms with Gasteiger partial charge in [0.1, 0.15) is 0 Å². The summed E-state index contributed by atoms with van der Waals surface area (Å²) in [5.74, 6) is -0.140. The van der Waals surface area contributed by atoms with E-state index in [2.05, 4.69) is 10.2 Å². The number of morpholine rings is 1. The lowest BCUT2D eigenvalue weighted by atomic mass is 10.1. The largest absolute Gasteiger partial charge is 0.373 e. The molecule has 1 unspecified atom stereocenters. The lowest BCUT2D eigenvalue weighted by Gasteiger charge is -2.33. The van der Waals surface area contributed by atoms with E-state index in [1.54, 1.807) is 31.3 Å². The number of carbonyl (C=O) groups excluding carboxylic acids is 2. The van der Waals surface area contributed by atoms with E-state index in [-0.39, 0.29) is 17.9 Å². The summed E-state index contributed by atoms with van der Waals surface area (Å²) in [7, 11) is 5.58. The molecule has 0 aliphatic carbocycles. The van der Waals surface area contributed by atoms with Gasteiger partial charge in [0, 0.05) is 38.3 Å². The van der Waals surface area contributed by atoms with Crippen LogP contribution in [0.2, 0.25) is 0 Å². The molecule has 6 nitrogen and oxygen atoms in total. The molecular formula is C18H25N3O3. The highest BCUT2D eigenvalue weighted by Gasteiger charge is 2.23. The van der Waals surface area contributed by atoms with Gasteiger partial charge in [-0.25, -0.2) is 0 Å². The minimum absolute atomic E-state index is 0.0163. The molecule has 0 aromatic heterocycles. The predicted molar refractivity (Wildman–Crippen MR) is 93.7 cm³/mol. The second kappa shape index (κ2) is 8.61. The number of nitrogens with zero attached hydrogens (tertiary/aromatic N) is 2. The summed E-state index contributed by atoms with van der Waals surface area (Å²) in [4.78, 5) is 27.7. The number of ether oxygens (including phenoxy) is 1. The summed E-state index contributed by atoms with van der Waals surface area (Å²) < 4.78 is 5.68. The standard InChI is InChI=1S/C18H25N3O3/c1-19-18(23)15-7-4-14(5-8-15)6-9-17(22)21-10-11-24-16(13-21)12-20(2)3/h4-9,16H,10-13H2,1-3H3,(H,19,23)/b9-6+. The Kier molecular flexibility index (Phi) is 6.52. The van der Waals surface area contributed by atoms with Gasteiger partial charge in [-0.3, -0.25) is 9.59 Å². The van der Waals surface area contributed by atoms with Crippen molar-refractivity contribution >= 4 is 17.9 Å². The van der Waals surface area contributed by atoms with Gasteiger partial charge in [-0.15, -0.1) is 0 Å². The Labute approximate surface area is 143 Å². The van der Waals surface area contributed by atoms with E-state index >= 15 is 0 Å². The van der Waals surface area contributed by atoms with Crippen molar-refractivity contribution in [3.63, 3.8) is 0 Å². The fourth-order valence-corrected chi connectivity index (χ4v) is 2.60. The molecule has 1 fully saturated rings. The summed E-state index contributed by atoms with van der Waals surface area (Å²) in [6.07, 6.45) is 3.40. The predicted octanol–water partition coefficient (Wildman–Crippen LogP) is 0.848. The Bertz CT molecular complexity index is 596. The SMILES string of the molecule is CNC(=O)c1ccc(/C=C/C(=O)N2CCOC(CN(C)C)C2)cc1. The summed E-state index contributed by atoms with van der Waals surface area (Å²) in [5, 5.41) is 2.58. The maximum atomic E-state index is 12.3. The molecule has 130 valence electrons. The Morgan fingerprint density at radius 2 is 2.04 bits per heavy atom. The number of nitrogens with one attached hydrogen (secondary N) is 1. The zero-order valence-electron chi connectivity index (χ0n) is 14.5. The molecule has 0 spiro atoms. The first-order chi connectivity index (χ1) is 11.5. The van der Waals surface area contributed by atoms with Gasteiger partial charge in [0.2, 0.25) is 5.91 Å². The van der Waals surface area contributed by atoms with Gasteiger partial charge in [0.15, 0.2) is 0 Å². The number of amides is 2. The first-order valence-corrected chi connectivity index (χ1v) is 8.05. The molecule has 24 heavy (non-hydrogen) atoms. The van der Waals surface area contributed by atoms with Crippen LogP contribution in [0, 0.1) is 0 Å². The van der Waals surface area contributed by atoms with E-state index in [9.17, 15) is 9.59 Å². The molecule has 1 saturated heterocycles. The highest BCUT2D eigenvalue weighted by atomic mass is 16.5. The lowest BCUT2D eigenvalue weighted by Crippen LogP contribution is -2.48. The fraction of sp³-hybridized carbons (Fsp3) is 0.444. The average molecular weight is 331 g/mol.